The summed E-state index contributed by atoms with van der Waals surface area (Å²) < 4.78 is 34.6. The van der Waals surface area contributed by atoms with Gasteiger partial charge in [-0.25, -0.2) is 4.79 Å². The first-order valence-corrected chi connectivity index (χ1v) is 9.52. The lowest BCUT2D eigenvalue weighted by Gasteiger charge is -2.38. The molecule has 2 aromatic carbocycles. The van der Waals surface area contributed by atoms with Crippen LogP contribution in [0.2, 0.25) is 0 Å². The van der Waals surface area contributed by atoms with E-state index in [1.165, 1.54) is 7.11 Å². The Labute approximate surface area is 162 Å². The highest BCUT2D eigenvalue weighted by molar-refractivity contribution is 5.89. The second-order valence-electron chi connectivity index (χ2n) is 7.51. The van der Waals surface area contributed by atoms with Gasteiger partial charge in [0.2, 0.25) is 0 Å². The van der Waals surface area contributed by atoms with Crippen LogP contribution >= 0.6 is 0 Å². The number of alkyl halides is 2. The van der Waals surface area contributed by atoms with E-state index in [0.29, 0.717) is 17.4 Å². The molecule has 2 aliphatic rings. The molecule has 1 N–H and O–H groups in total. The fourth-order valence-electron chi connectivity index (χ4n) is 4.78. The van der Waals surface area contributed by atoms with Gasteiger partial charge in [0.25, 0.3) is 0 Å². The van der Waals surface area contributed by atoms with Crippen molar-refractivity contribution in [2.75, 3.05) is 12.4 Å². The van der Waals surface area contributed by atoms with Gasteiger partial charge in [0, 0.05) is 5.69 Å². The second-order valence-corrected chi connectivity index (χ2v) is 7.51. The standard InChI is InChI=1S/C22H23F2NO3/c1-12-10-13(21(26)27-2)6-8-15(12)20-17-5-3-4-16(17)18-11-14(28-22(23)24)7-9-19(18)25-20/h6-11,16-17,20,22,25H,3-5H2,1-2H3/t16-,17+,20+/m1/s1. The quantitative estimate of drug-likeness (QED) is 0.711. The normalized spacial score (nSPS) is 23.0. The Morgan fingerprint density at radius 2 is 1.96 bits per heavy atom. The van der Waals surface area contributed by atoms with Crippen LogP contribution in [0.4, 0.5) is 14.5 Å². The van der Waals surface area contributed by atoms with Crippen LogP contribution in [0.5, 0.6) is 5.75 Å². The van der Waals surface area contributed by atoms with Crippen molar-refractivity contribution in [1.82, 2.24) is 0 Å². The summed E-state index contributed by atoms with van der Waals surface area (Å²) in [6.45, 7) is -0.819. The Kier molecular flexibility index (Phi) is 4.96. The summed E-state index contributed by atoms with van der Waals surface area (Å²) in [6, 6.07) is 10.9. The predicted molar refractivity (Wildman–Crippen MR) is 102 cm³/mol. The maximum Gasteiger partial charge on any atom is 0.387 e. The molecule has 0 unspecified atom stereocenters. The fourth-order valence-corrected chi connectivity index (χ4v) is 4.78. The van der Waals surface area contributed by atoms with Crippen molar-refractivity contribution in [3.05, 3.63) is 58.7 Å². The molecule has 1 heterocycles. The molecule has 148 valence electrons. The third-order valence-corrected chi connectivity index (χ3v) is 5.98. The van der Waals surface area contributed by atoms with Crippen molar-refractivity contribution in [2.24, 2.45) is 5.92 Å². The number of carbonyl (C=O) groups is 1. The molecule has 0 bridgehead atoms. The van der Waals surface area contributed by atoms with Crippen molar-refractivity contribution >= 4 is 11.7 Å². The Morgan fingerprint density at radius 1 is 1.14 bits per heavy atom. The topological polar surface area (TPSA) is 47.6 Å². The maximum absolute atomic E-state index is 12.6. The van der Waals surface area contributed by atoms with Gasteiger partial charge < -0.3 is 14.8 Å². The van der Waals surface area contributed by atoms with Gasteiger partial charge in [-0.15, -0.1) is 0 Å². The monoisotopic (exact) mass is 387 g/mol. The lowest BCUT2D eigenvalue weighted by Crippen LogP contribution is -2.29. The zero-order valence-corrected chi connectivity index (χ0v) is 15.9. The molecule has 0 aromatic heterocycles. The highest BCUT2D eigenvalue weighted by Gasteiger charge is 2.41. The molecular formula is C22H23F2NO3. The number of ether oxygens (including phenoxy) is 2. The number of aryl methyl sites for hydroxylation is 1. The van der Waals surface area contributed by atoms with Gasteiger partial charge in [-0.2, -0.15) is 8.78 Å². The van der Waals surface area contributed by atoms with Crippen LogP contribution in [-0.2, 0) is 4.74 Å². The van der Waals surface area contributed by atoms with Gasteiger partial charge in [-0.3, -0.25) is 0 Å². The number of rotatable bonds is 4. The fraction of sp³-hybridized carbons (Fsp3) is 0.409. The molecule has 1 aliphatic carbocycles. The molecule has 4 nitrogen and oxygen atoms in total. The molecule has 0 saturated heterocycles. The van der Waals surface area contributed by atoms with E-state index >= 15 is 0 Å². The van der Waals surface area contributed by atoms with E-state index in [2.05, 4.69) is 10.1 Å². The molecule has 28 heavy (non-hydrogen) atoms. The van der Waals surface area contributed by atoms with E-state index < -0.39 is 6.61 Å². The zero-order chi connectivity index (χ0) is 19.8. The number of esters is 1. The molecule has 1 aliphatic heterocycles. The molecule has 1 fully saturated rings. The van der Waals surface area contributed by atoms with Gasteiger partial charge in [0.15, 0.2) is 0 Å². The van der Waals surface area contributed by atoms with Crippen LogP contribution < -0.4 is 10.1 Å². The first kappa shape index (κ1) is 18.7. The number of fused-ring (bicyclic) bond motifs is 3. The van der Waals surface area contributed by atoms with Crippen molar-refractivity contribution in [3.63, 3.8) is 0 Å². The summed E-state index contributed by atoms with van der Waals surface area (Å²) in [6.07, 6.45) is 3.21. The van der Waals surface area contributed by atoms with Crippen LogP contribution in [-0.4, -0.2) is 19.7 Å². The lowest BCUT2D eigenvalue weighted by atomic mass is 9.76. The smallest absolute Gasteiger partial charge is 0.387 e. The van der Waals surface area contributed by atoms with Gasteiger partial charge in [0.05, 0.1) is 18.7 Å². The SMILES string of the molecule is COC(=O)c1ccc([C@@H]2Nc3ccc(OC(F)F)cc3[C@@H]3CCC[C@@H]32)c(C)c1. The molecular weight excluding hydrogens is 364 g/mol. The number of benzene rings is 2. The number of carbonyl (C=O) groups excluding carboxylic acids is 1. The van der Waals surface area contributed by atoms with Crippen molar-refractivity contribution < 1.29 is 23.0 Å². The molecule has 3 atom stereocenters. The highest BCUT2D eigenvalue weighted by atomic mass is 19.3. The first-order chi connectivity index (χ1) is 13.5. The summed E-state index contributed by atoms with van der Waals surface area (Å²) in [5, 5.41) is 3.61. The maximum atomic E-state index is 12.6. The van der Waals surface area contributed by atoms with Gasteiger partial charge in [0.1, 0.15) is 5.75 Å². The lowest BCUT2D eigenvalue weighted by molar-refractivity contribution is -0.0499. The average molecular weight is 387 g/mol. The molecule has 4 rings (SSSR count). The molecule has 0 spiro atoms. The molecule has 6 heteroatoms. The average Bonchev–Trinajstić information content (AvgIpc) is 3.17. The summed E-state index contributed by atoms with van der Waals surface area (Å²) >= 11 is 0. The Balaban J connectivity index is 1.68. The van der Waals surface area contributed by atoms with Gasteiger partial charge in [-0.1, -0.05) is 12.5 Å². The van der Waals surface area contributed by atoms with Crippen LogP contribution in [0.25, 0.3) is 0 Å². The van der Waals surface area contributed by atoms with Crippen LogP contribution in [0.15, 0.2) is 36.4 Å². The third-order valence-electron chi connectivity index (χ3n) is 5.98. The molecule has 0 radical (unpaired) electrons. The van der Waals surface area contributed by atoms with Gasteiger partial charge in [-0.05, 0) is 78.6 Å². The van der Waals surface area contributed by atoms with Crippen molar-refractivity contribution in [2.45, 2.75) is 44.8 Å². The number of nitrogens with one attached hydrogen (secondary N) is 1. The highest BCUT2D eigenvalue weighted by Crippen LogP contribution is 2.53. The zero-order valence-electron chi connectivity index (χ0n) is 15.9. The summed E-state index contributed by atoms with van der Waals surface area (Å²) in [5.74, 6) is 0.541. The third kappa shape index (κ3) is 3.32. The number of methoxy groups -OCH3 is 1. The Bertz CT molecular complexity index is 899. The van der Waals surface area contributed by atoms with E-state index in [-0.39, 0.29) is 17.8 Å². The largest absolute Gasteiger partial charge is 0.465 e. The van der Waals surface area contributed by atoms with Gasteiger partial charge >= 0.3 is 12.6 Å². The summed E-state index contributed by atoms with van der Waals surface area (Å²) in [7, 11) is 1.38. The predicted octanol–water partition coefficient (Wildman–Crippen LogP) is 5.43. The summed E-state index contributed by atoms with van der Waals surface area (Å²) in [5.41, 5.74) is 4.75. The first-order valence-electron chi connectivity index (χ1n) is 9.52. The minimum Gasteiger partial charge on any atom is -0.465 e. The molecule has 0 amide bonds. The summed E-state index contributed by atoms with van der Waals surface area (Å²) in [4.78, 5) is 11.8. The minimum atomic E-state index is -2.82. The number of hydrogen-bond donors (Lipinski definition) is 1. The Hall–Kier alpha value is -2.63. The van der Waals surface area contributed by atoms with E-state index in [0.717, 1.165) is 41.6 Å². The van der Waals surface area contributed by atoms with Crippen LogP contribution in [0.3, 0.4) is 0 Å². The van der Waals surface area contributed by atoms with Crippen molar-refractivity contribution in [3.8, 4) is 5.75 Å². The number of anilines is 1. The van der Waals surface area contributed by atoms with E-state index in [1.54, 1.807) is 18.2 Å². The van der Waals surface area contributed by atoms with E-state index in [1.807, 2.05) is 25.1 Å². The van der Waals surface area contributed by atoms with Crippen LogP contribution in [0.1, 0.15) is 58.3 Å². The number of hydrogen-bond acceptors (Lipinski definition) is 4. The Morgan fingerprint density at radius 3 is 2.68 bits per heavy atom. The molecule has 1 saturated carbocycles. The molecule has 2 aromatic rings. The van der Waals surface area contributed by atoms with E-state index in [9.17, 15) is 13.6 Å². The van der Waals surface area contributed by atoms with Crippen molar-refractivity contribution in [1.29, 1.82) is 0 Å². The van der Waals surface area contributed by atoms with Crippen LogP contribution in [0, 0.1) is 12.8 Å². The number of halogens is 2. The second kappa shape index (κ2) is 7.41. The van der Waals surface area contributed by atoms with E-state index in [4.69, 9.17) is 4.74 Å². The minimum absolute atomic E-state index is 0.119.